The minimum absolute atomic E-state index is 0.0809. The minimum Gasteiger partial charge on any atom is -0.328 e. The predicted octanol–water partition coefficient (Wildman–Crippen LogP) is 2.12. The van der Waals surface area contributed by atoms with Crippen LogP contribution in [0.3, 0.4) is 0 Å². The number of hydrogen-bond donors (Lipinski definition) is 1. The highest BCUT2D eigenvalue weighted by molar-refractivity contribution is 7.91. The molecule has 0 heterocycles. The zero-order chi connectivity index (χ0) is 13.2. The molecule has 1 aliphatic rings. The van der Waals surface area contributed by atoms with Crippen molar-refractivity contribution >= 4 is 9.84 Å². The topological polar surface area (TPSA) is 60.2 Å². The van der Waals surface area contributed by atoms with Crippen LogP contribution >= 0.6 is 0 Å². The summed E-state index contributed by atoms with van der Waals surface area (Å²) in [6, 6.07) is 5.42. The van der Waals surface area contributed by atoms with Gasteiger partial charge in [0.25, 0.3) is 0 Å². The maximum Gasteiger partial charge on any atom is 0.178 e. The van der Waals surface area contributed by atoms with Gasteiger partial charge in [0.2, 0.25) is 0 Å². The Kier molecular flexibility index (Phi) is 4.02. The predicted molar refractivity (Wildman–Crippen MR) is 68.4 cm³/mol. The Bertz CT molecular complexity index is 507. The molecule has 0 aliphatic heterocycles. The number of sulfone groups is 1. The molecule has 0 radical (unpaired) electrons. The van der Waals surface area contributed by atoms with Crippen LogP contribution in [-0.2, 0) is 9.84 Å². The van der Waals surface area contributed by atoms with Crippen LogP contribution in [0.5, 0.6) is 0 Å². The van der Waals surface area contributed by atoms with Crippen molar-refractivity contribution in [2.24, 2.45) is 11.7 Å². The summed E-state index contributed by atoms with van der Waals surface area (Å²) in [6.45, 7) is 0. The molecule has 0 saturated heterocycles. The van der Waals surface area contributed by atoms with Gasteiger partial charge in [0.15, 0.2) is 9.84 Å². The first-order valence-electron chi connectivity index (χ1n) is 6.21. The maximum atomic E-state index is 13.0. The second kappa shape index (κ2) is 5.36. The van der Waals surface area contributed by atoms with Crippen molar-refractivity contribution in [2.75, 3.05) is 5.75 Å². The van der Waals surface area contributed by atoms with Gasteiger partial charge < -0.3 is 5.73 Å². The lowest BCUT2D eigenvalue weighted by atomic mass is 9.88. The molecule has 0 amide bonds. The van der Waals surface area contributed by atoms with E-state index in [1.165, 1.54) is 18.2 Å². The van der Waals surface area contributed by atoms with E-state index in [-0.39, 0.29) is 22.6 Å². The van der Waals surface area contributed by atoms with Gasteiger partial charge >= 0.3 is 0 Å². The van der Waals surface area contributed by atoms with Crippen LogP contribution in [0.2, 0.25) is 0 Å². The molecule has 0 spiro atoms. The van der Waals surface area contributed by atoms with Crippen LogP contribution in [0, 0.1) is 11.7 Å². The van der Waals surface area contributed by atoms with Crippen LogP contribution < -0.4 is 5.73 Å². The summed E-state index contributed by atoms with van der Waals surface area (Å²) in [5, 5.41) is 0. The second-order valence-corrected chi connectivity index (χ2v) is 7.05. The van der Waals surface area contributed by atoms with Gasteiger partial charge in [0, 0.05) is 6.04 Å². The zero-order valence-electron chi connectivity index (χ0n) is 10.2. The molecule has 0 bridgehead atoms. The van der Waals surface area contributed by atoms with Gasteiger partial charge in [-0.3, -0.25) is 0 Å². The van der Waals surface area contributed by atoms with Gasteiger partial charge in [0.1, 0.15) is 5.82 Å². The first kappa shape index (κ1) is 13.5. The van der Waals surface area contributed by atoms with E-state index in [9.17, 15) is 12.8 Å². The molecule has 0 unspecified atom stereocenters. The summed E-state index contributed by atoms with van der Waals surface area (Å²) in [6.07, 6.45) is 3.44. The molecule has 1 aromatic carbocycles. The number of hydrogen-bond acceptors (Lipinski definition) is 3. The molecule has 2 N–H and O–H groups in total. The van der Waals surface area contributed by atoms with E-state index >= 15 is 0 Å². The fourth-order valence-corrected chi connectivity index (χ4v) is 4.15. The fraction of sp³-hybridized carbons (Fsp3) is 0.538. The lowest BCUT2D eigenvalue weighted by molar-refractivity contribution is 0.348. The lowest BCUT2D eigenvalue weighted by Crippen LogP contribution is -2.29. The Hall–Kier alpha value is -0.940. The van der Waals surface area contributed by atoms with Gasteiger partial charge in [-0.2, -0.15) is 0 Å². The van der Waals surface area contributed by atoms with Crippen molar-refractivity contribution in [3.8, 4) is 0 Å². The quantitative estimate of drug-likeness (QED) is 0.916. The van der Waals surface area contributed by atoms with E-state index in [1.54, 1.807) is 0 Å². The average Bonchev–Trinajstić information content (AvgIpc) is 2.32. The third-order valence-corrected chi connectivity index (χ3v) is 5.38. The summed E-state index contributed by atoms with van der Waals surface area (Å²) < 4.78 is 37.3. The normalized spacial score (nSPS) is 25.0. The Morgan fingerprint density at radius 3 is 2.50 bits per heavy atom. The van der Waals surface area contributed by atoms with Gasteiger partial charge in [-0.1, -0.05) is 6.07 Å². The molecule has 18 heavy (non-hydrogen) atoms. The largest absolute Gasteiger partial charge is 0.328 e. The number of rotatable bonds is 3. The highest BCUT2D eigenvalue weighted by Crippen LogP contribution is 2.26. The van der Waals surface area contributed by atoms with Crippen molar-refractivity contribution in [2.45, 2.75) is 36.6 Å². The van der Waals surface area contributed by atoms with Crippen molar-refractivity contribution in [1.82, 2.24) is 0 Å². The summed E-state index contributed by atoms with van der Waals surface area (Å²) in [5.41, 5.74) is 5.79. The Morgan fingerprint density at radius 1 is 1.22 bits per heavy atom. The van der Waals surface area contributed by atoms with E-state index in [0.717, 1.165) is 31.7 Å². The molecule has 2 rings (SSSR count). The third kappa shape index (κ3) is 3.29. The van der Waals surface area contributed by atoms with Crippen LogP contribution in [0.25, 0.3) is 0 Å². The van der Waals surface area contributed by atoms with Gasteiger partial charge in [-0.25, -0.2) is 12.8 Å². The molecule has 3 nitrogen and oxygen atoms in total. The van der Waals surface area contributed by atoms with Crippen LogP contribution in [-0.4, -0.2) is 20.2 Å². The monoisotopic (exact) mass is 271 g/mol. The SMILES string of the molecule is NC1CCC(CS(=O)(=O)c2cccc(F)c2)CC1. The number of nitrogens with two attached hydrogens (primary N) is 1. The fourth-order valence-electron chi connectivity index (χ4n) is 2.42. The van der Waals surface area contributed by atoms with Crippen molar-refractivity contribution in [3.05, 3.63) is 30.1 Å². The molecule has 1 aromatic rings. The van der Waals surface area contributed by atoms with Crippen LogP contribution in [0.1, 0.15) is 25.7 Å². The molecule has 0 aromatic heterocycles. The summed E-state index contributed by atoms with van der Waals surface area (Å²) >= 11 is 0. The van der Waals surface area contributed by atoms with Crippen molar-refractivity contribution < 1.29 is 12.8 Å². The number of benzene rings is 1. The molecule has 0 atom stereocenters. The smallest absolute Gasteiger partial charge is 0.178 e. The molecular weight excluding hydrogens is 253 g/mol. The summed E-state index contributed by atoms with van der Waals surface area (Å²) in [4.78, 5) is 0.0809. The Balaban J connectivity index is 2.08. The zero-order valence-corrected chi connectivity index (χ0v) is 11.0. The minimum atomic E-state index is -3.38. The Morgan fingerprint density at radius 2 is 1.89 bits per heavy atom. The van der Waals surface area contributed by atoms with E-state index in [0.29, 0.717) is 0 Å². The standard InChI is InChI=1S/C13H18FNO2S/c14-11-2-1-3-13(8-11)18(16,17)9-10-4-6-12(15)7-5-10/h1-3,8,10,12H,4-7,9,15H2. The third-order valence-electron chi connectivity index (χ3n) is 3.50. The first-order chi connectivity index (χ1) is 8.47. The number of halogens is 1. The average molecular weight is 271 g/mol. The summed E-state index contributed by atoms with van der Waals surface area (Å²) in [7, 11) is -3.38. The van der Waals surface area contributed by atoms with Crippen molar-refractivity contribution in [3.63, 3.8) is 0 Å². The van der Waals surface area contributed by atoms with Gasteiger partial charge in [-0.15, -0.1) is 0 Å². The molecule has 1 aliphatic carbocycles. The summed E-state index contributed by atoms with van der Waals surface area (Å²) in [5.74, 6) is -0.261. The Labute approximate surface area is 107 Å². The highest BCUT2D eigenvalue weighted by Gasteiger charge is 2.25. The van der Waals surface area contributed by atoms with Gasteiger partial charge in [0.05, 0.1) is 10.6 Å². The van der Waals surface area contributed by atoms with E-state index < -0.39 is 15.7 Å². The molecular formula is C13H18FNO2S. The molecule has 1 fully saturated rings. The maximum absolute atomic E-state index is 13.0. The van der Waals surface area contributed by atoms with Crippen LogP contribution in [0.15, 0.2) is 29.2 Å². The van der Waals surface area contributed by atoms with E-state index in [1.807, 2.05) is 0 Å². The second-order valence-electron chi connectivity index (χ2n) is 5.02. The lowest BCUT2D eigenvalue weighted by Gasteiger charge is -2.25. The highest BCUT2D eigenvalue weighted by atomic mass is 32.2. The van der Waals surface area contributed by atoms with Crippen LogP contribution in [0.4, 0.5) is 4.39 Å². The molecule has 1 saturated carbocycles. The molecule has 100 valence electrons. The van der Waals surface area contributed by atoms with E-state index in [4.69, 9.17) is 5.73 Å². The first-order valence-corrected chi connectivity index (χ1v) is 7.86. The van der Waals surface area contributed by atoms with Crippen molar-refractivity contribution in [1.29, 1.82) is 0 Å². The van der Waals surface area contributed by atoms with E-state index in [2.05, 4.69) is 0 Å². The van der Waals surface area contributed by atoms with Gasteiger partial charge in [-0.05, 0) is 49.8 Å². The molecule has 5 heteroatoms.